The van der Waals surface area contributed by atoms with Gasteiger partial charge in [-0.3, -0.25) is 14.3 Å². The third-order valence-electron chi connectivity index (χ3n) is 7.23. The van der Waals surface area contributed by atoms with Crippen LogP contribution in [-0.2, 0) is 0 Å². The maximum atomic E-state index is 13.0. The van der Waals surface area contributed by atoms with E-state index in [1.165, 1.54) is 16.8 Å². The molecule has 3 aromatic carbocycles. The predicted molar refractivity (Wildman–Crippen MR) is 165 cm³/mol. The number of nitrogens with zero attached hydrogens (tertiary/aromatic N) is 4. The van der Waals surface area contributed by atoms with Crippen LogP contribution in [0.25, 0.3) is 17.1 Å². The minimum atomic E-state index is -0.133. The highest BCUT2D eigenvalue weighted by Crippen LogP contribution is 2.24. The number of imidazole rings is 1. The number of carbonyl (C=O) groups is 1. The molecule has 1 amide bonds. The summed E-state index contributed by atoms with van der Waals surface area (Å²) in [4.78, 5) is 22.7. The van der Waals surface area contributed by atoms with Crippen LogP contribution in [0.15, 0.2) is 85.1 Å². The van der Waals surface area contributed by atoms with Gasteiger partial charge in [0.1, 0.15) is 11.5 Å². The molecule has 0 spiro atoms. The second-order valence-corrected chi connectivity index (χ2v) is 9.68. The zero-order valence-electron chi connectivity index (χ0n) is 22.5. The molecule has 2 heterocycles. The zero-order valence-corrected chi connectivity index (χ0v) is 24.2. The van der Waals surface area contributed by atoms with Crippen molar-refractivity contribution in [3.8, 4) is 17.1 Å². The van der Waals surface area contributed by atoms with Gasteiger partial charge in [0.05, 0.1) is 0 Å². The summed E-state index contributed by atoms with van der Waals surface area (Å²) in [5.41, 5.74) is 6.48. The van der Waals surface area contributed by atoms with Crippen LogP contribution in [0.4, 0.5) is 5.69 Å². The minimum absolute atomic E-state index is 0. The summed E-state index contributed by atoms with van der Waals surface area (Å²) in [7, 11) is 0. The van der Waals surface area contributed by atoms with Gasteiger partial charge in [0.25, 0.3) is 5.91 Å². The Labute approximate surface area is 243 Å². The van der Waals surface area contributed by atoms with E-state index in [4.69, 9.17) is 4.98 Å². The molecule has 1 aliphatic heterocycles. The summed E-state index contributed by atoms with van der Waals surface area (Å²) >= 11 is 0. The van der Waals surface area contributed by atoms with Crippen molar-refractivity contribution in [3.05, 3.63) is 102 Å². The van der Waals surface area contributed by atoms with Gasteiger partial charge in [0.15, 0.2) is 0 Å². The fourth-order valence-corrected chi connectivity index (χ4v) is 4.95. The monoisotopic (exact) mass is 565 g/mol. The largest absolute Gasteiger partial charge is 0.369 e. The van der Waals surface area contributed by atoms with Crippen LogP contribution in [0, 0.1) is 13.8 Å². The van der Waals surface area contributed by atoms with E-state index >= 15 is 0 Å². The number of nitrogens with one attached hydrogen (secondary N) is 1. The van der Waals surface area contributed by atoms with Gasteiger partial charge in [-0.05, 0) is 56.1 Å². The van der Waals surface area contributed by atoms with Crippen LogP contribution in [0.1, 0.15) is 28.0 Å². The average Bonchev–Trinajstić information content (AvgIpc) is 3.40. The first-order valence-electron chi connectivity index (χ1n) is 13.1. The van der Waals surface area contributed by atoms with Crippen molar-refractivity contribution >= 4 is 36.4 Å². The van der Waals surface area contributed by atoms with Gasteiger partial charge < -0.3 is 10.2 Å². The SMILES string of the molecule is Cc1cccc(N2CCN(CCCNC(=O)c3cn(-c4ccccc4)c(-c4ccccc4)n3)CC2)c1C.Cl.Cl. The number of hydrogen-bond donors (Lipinski definition) is 1. The molecule has 8 heteroatoms. The summed E-state index contributed by atoms with van der Waals surface area (Å²) in [5, 5.41) is 3.08. The average molecular weight is 567 g/mol. The molecule has 39 heavy (non-hydrogen) atoms. The van der Waals surface area contributed by atoms with Crippen molar-refractivity contribution in [3.63, 3.8) is 0 Å². The maximum Gasteiger partial charge on any atom is 0.271 e. The zero-order chi connectivity index (χ0) is 25.6. The topological polar surface area (TPSA) is 53.4 Å². The predicted octanol–water partition coefficient (Wildman–Crippen LogP) is 5.94. The lowest BCUT2D eigenvalue weighted by atomic mass is 10.1. The molecule has 1 aromatic heterocycles. The highest BCUT2D eigenvalue weighted by molar-refractivity contribution is 5.93. The second-order valence-electron chi connectivity index (χ2n) is 9.68. The number of anilines is 1. The highest BCUT2D eigenvalue weighted by atomic mass is 35.5. The van der Waals surface area contributed by atoms with Gasteiger partial charge in [0.2, 0.25) is 0 Å². The first-order valence-corrected chi connectivity index (χ1v) is 13.1. The van der Waals surface area contributed by atoms with E-state index in [9.17, 15) is 4.79 Å². The van der Waals surface area contributed by atoms with E-state index in [0.29, 0.717) is 12.2 Å². The van der Waals surface area contributed by atoms with Crippen molar-refractivity contribution in [2.24, 2.45) is 0 Å². The van der Waals surface area contributed by atoms with Crippen LogP contribution < -0.4 is 10.2 Å². The molecule has 0 atom stereocenters. The van der Waals surface area contributed by atoms with Gasteiger partial charge in [-0.15, -0.1) is 24.8 Å². The number of rotatable bonds is 8. The fraction of sp³-hybridized carbons (Fsp3) is 0.290. The molecule has 1 saturated heterocycles. The molecule has 206 valence electrons. The Kier molecular flexibility index (Phi) is 11.0. The Morgan fingerprint density at radius 3 is 2.21 bits per heavy atom. The first kappa shape index (κ1) is 30.2. The quantitative estimate of drug-likeness (QED) is 0.268. The van der Waals surface area contributed by atoms with Crippen molar-refractivity contribution in [2.45, 2.75) is 20.3 Å². The lowest BCUT2D eigenvalue weighted by Crippen LogP contribution is -2.47. The van der Waals surface area contributed by atoms with Crippen LogP contribution in [0.2, 0.25) is 0 Å². The lowest BCUT2D eigenvalue weighted by Gasteiger charge is -2.37. The molecule has 0 aliphatic carbocycles. The van der Waals surface area contributed by atoms with Crippen molar-refractivity contribution in [1.29, 1.82) is 0 Å². The molecule has 0 radical (unpaired) electrons. The number of amides is 1. The summed E-state index contributed by atoms with van der Waals surface area (Å²) in [6, 6.07) is 26.6. The molecule has 6 nitrogen and oxygen atoms in total. The molecule has 5 rings (SSSR count). The van der Waals surface area contributed by atoms with E-state index in [2.05, 4.69) is 47.2 Å². The third kappa shape index (κ3) is 7.21. The normalized spacial score (nSPS) is 13.3. The maximum absolute atomic E-state index is 13.0. The van der Waals surface area contributed by atoms with Gasteiger partial charge in [-0.1, -0.05) is 60.7 Å². The number of piperazine rings is 1. The van der Waals surface area contributed by atoms with Gasteiger partial charge in [-0.25, -0.2) is 4.98 Å². The standard InChI is InChI=1S/C31H35N5O.2ClH/c1-24-11-9-16-29(25(24)2)35-21-19-34(20-22-35)18-10-17-32-31(37)28-23-36(27-14-7-4-8-15-27)30(33-28)26-12-5-3-6-13-26;;/h3-9,11-16,23H,10,17-22H2,1-2H3,(H,32,37);2*1H. The van der Waals surface area contributed by atoms with Crippen LogP contribution in [-0.4, -0.2) is 59.6 Å². The van der Waals surface area contributed by atoms with E-state index in [1.807, 2.05) is 71.4 Å². The lowest BCUT2D eigenvalue weighted by molar-refractivity contribution is 0.0947. The van der Waals surface area contributed by atoms with Crippen molar-refractivity contribution in [1.82, 2.24) is 19.8 Å². The molecule has 1 aliphatic rings. The Hall–Kier alpha value is -3.32. The van der Waals surface area contributed by atoms with E-state index in [-0.39, 0.29) is 30.7 Å². The fourth-order valence-electron chi connectivity index (χ4n) is 4.95. The molecule has 1 fully saturated rings. The molecule has 0 bridgehead atoms. The molecule has 4 aromatic rings. The van der Waals surface area contributed by atoms with E-state index in [0.717, 1.165) is 56.2 Å². The van der Waals surface area contributed by atoms with Crippen LogP contribution in [0.5, 0.6) is 0 Å². The van der Waals surface area contributed by atoms with Gasteiger partial charge in [0, 0.05) is 55.9 Å². The minimum Gasteiger partial charge on any atom is -0.369 e. The second kappa shape index (κ2) is 14.2. The summed E-state index contributed by atoms with van der Waals surface area (Å²) in [6.07, 6.45) is 2.75. The third-order valence-corrected chi connectivity index (χ3v) is 7.23. The first-order chi connectivity index (χ1) is 18.1. The molecule has 0 unspecified atom stereocenters. The van der Waals surface area contributed by atoms with Crippen LogP contribution >= 0.6 is 24.8 Å². The summed E-state index contributed by atoms with van der Waals surface area (Å²) in [5.74, 6) is 0.630. The van der Waals surface area contributed by atoms with Gasteiger partial charge >= 0.3 is 0 Å². The van der Waals surface area contributed by atoms with E-state index < -0.39 is 0 Å². The molecular formula is C31H37Cl2N5O. The Morgan fingerprint density at radius 1 is 0.846 bits per heavy atom. The summed E-state index contributed by atoms with van der Waals surface area (Å²) in [6.45, 7) is 10.2. The molecule has 1 N–H and O–H groups in total. The van der Waals surface area contributed by atoms with Gasteiger partial charge in [-0.2, -0.15) is 0 Å². The number of aromatic nitrogens is 2. The Bertz CT molecular complexity index is 1280. The highest BCUT2D eigenvalue weighted by Gasteiger charge is 2.19. The Balaban J connectivity index is 0.00000210. The number of benzene rings is 3. The number of carbonyl (C=O) groups excluding carboxylic acids is 1. The number of halogens is 2. The molecule has 0 saturated carbocycles. The summed E-state index contributed by atoms with van der Waals surface area (Å²) < 4.78 is 1.99. The van der Waals surface area contributed by atoms with Crippen molar-refractivity contribution in [2.75, 3.05) is 44.2 Å². The van der Waals surface area contributed by atoms with Crippen molar-refractivity contribution < 1.29 is 4.79 Å². The Morgan fingerprint density at radius 2 is 1.51 bits per heavy atom. The van der Waals surface area contributed by atoms with Crippen LogP contribution in [0.3, 0.4) is 0 Å². The molecular weight excluding hydrogens is 529 g/mol. The number of hydrogen-bond acceptors (Lipinski definition) is 4. The van der Waals surface area contributed by atoms with E-state index in [1.54, 1.807) is 0 Å². The number of para-hydroxylation sites is 1. The smallest absolute Gasteiger partial charge is 0.271 e. The number of aryl methyl sites for hydroxylation is 1.